The van der Waals surface area contributed by atoms with E-state index in [1.165, 1.54) is 48.1 Å². The van der Waals surface area contributed by atoms with Gasteiger partial charge in [-0.25, -0.2) is 7.89 Å². The number of rotatable bonds is 2. The van der Waals surface area contributed by atoms with Gasteiger partial charge in [0.1, 0.15) is 0 Å². The Morgan fingerprint density at radius 2 is 1.00 bits per heavy atom. The lowest BCUT2D eigenvalue weighted by molar-refractivity contribution is 0.467. The zero-order valence-electron chi connectivity index (χ0n) is 9.38. The first-order valence-corrected chi connectivity index (χ1v) is 10.6. The van der Waals surface area contributed by atoms with Crippen LogP contribution in [0.4, 0.5) is 0 Å². The molecule has 80 valence electrons. The van der Waals surface area contributed by atoms with E-state index in [9.17, 15) is 0 Å². The summed E-state index contributed by atoms with van der Waals surface area (Å²) >= 11 is -0.448. The van der Waals surface area contributed by atoms with Crippen molar-refractivity contribution in [3.8, 4) is 0 Å². The van der Waals surface area contributed by atoms with Crippen LogP contribution in [-0.2, 0) is 0 Å². The molecular formula is C12H24AlP. The van der Waals surface area contributed by atoms with Gasteiger partial charge in [-0.05, 0) is 0 Å². The highest BCUT2D eigenvalue weighted by Crippen LogP contribution is 2.43. The molecule has 2 saturated carbocycles. The SMILES string of the molecule is [PH2][Al]([CH]1CCCCC1)[CH]1CCCCC1. The van der Waals surface area contributed by atoms with Gasteiger partial charge in [-0.2, -0.15) is 0 Å². The first kappa shape index (κ1) is 11.4. The van der Waals surface area contributed by atoms with Gasteiger partial charge in [0.25, 0.3) is 13.7 Å². The van der Waals surface area contributed by atoms with Crippen LogP contribution < -0.4 is 0 Å². The molecule has 2 heteroatoms. The van der Waals surface area contributed by atoms with Gasteiger partial charge in [0.05, 0.1) is 0 Å². The first-order chi connectivity index (χ1) is 6.88. The fourth-order valence-electron chi connectivity index (χ4n) is 3.42. The molecule has 0 saturated heterocycles. The third-order valence-electron chi connectivity index (χ3n) is 4.39. The third kappa shape index (κ3) is 2.98. The third-order valence-corrected chi connectivity index (χ3v) is 11.2. The second-order valence-corrected chi connectivity index (χ2v) is 10.7. The van der Waals surface area contributed by atoms with Crippen molar-refractivity contribution in [2.24, 2.45) is 0 Å². The molecule has 0 nitrogen and oxygen atoms in total. The average Bonchev–Trinajstić information content (AvgIpc) is 2.30. The van der Waals surface area contributed by atoms with Crippen LogP contribution in [0.3, 0.4) is 0 Å². The van der Waals surface area contributed by atoms with Gasteiger partial charge in [-0.3, -0.25) is 0 Å². The van der Waals surface area contributed by atoms with Crippen molar-refractivity contribution in [3.05, 3.63) is 0 Å². The molecule has 0 spiro atoms. The van der Waals surface area contributed by atoms with Crippen LogP contribution in [0.25, 0.3) is 0 Å². The summed E-state index contributed by atoms with van der Waals surface area (Å²) in [5, 5.41) is 0. The van der Waals surface area contributed by atoms with E-state index in [-0.39, 0.29) is 0 Å². The number of hydrogen-bond donors (Lipinski definition) is 0. The lowest BCUT2D eigenvalue weighted by Gasteiger charge is -2.32. The van der Waals surface area contributed by atoms with E-state index < -0.39 is 13.7 Å². The van der Waals surface area contributed by atoms with E-state index >= 15 is 0 Å². The average molecular weight is 226 g/mol. The molecular weight excluding hydrogens is 202 g/mol. The molecule has 1 atom stereocenters. The van der Waals surface area contributed by atoms with Crippen molar-refractivity contribution in [2.45, 2.75) is 73.8 Å². The highest BCUT2D eigenvalue weighted by atomic mass is 31.2. The predicted octanol–water partition coefficient (Wildman–Crippen LogP) is 4.52. The second-order valence-electron chi connectivity index (χ2n) is 5.37. The molecule has 14 heavy (non-hydrogen) atoms. The fourth-order valence-corrected chi connectivity index (χ4v) is 8.98. The second kappa shape index (κ2) is 5.89. The van der Waals surface area contributed by atoms with Gasteiger partial charge in [0, 0.05) is 0 Å². The molecule has 0 amide bonds. The van der Waals surface area contributed by atoms with Gasteiger partial charge >= 0.3 is 0 Å². The van der Waals surface area contributed by atoms with Gasteiger partial charge in [0.2, 0.25) is 0 Å². The summed E-state index contributed by atoms with van der Waals surface area (Å²) in [7, 11) is 3.33. The van der Waals surface area contributed by atoms with E-state index in [1.54, 1.807) is 25.7 Å². The summed E-state index contributed by atoms with van der Waals surface area (Å²) in [5.41, 5.74) is 0. The molecule has 2 rings (SSSR count). The maximum absolute atomic E-state index is 3.33. The van der Waals surface area contributed by atoms with Gasteiger partial charge in [0.15, 0.2) is 0 Å². The molecule has 0 bridgehead atoms. The molecule has 1 unspecified atom stereocenters. The Bertz CT molecular complexity index is 142. The minimum atomic E-state index is -0.448. The van der Waals surface area contributed by atoms with Crippen LogP contribution in [0.15, 0.2) is 0 Å². The molecule has 0 aromatic carbocycles. The van der Waals surface area contributed by atoms with Gasteiger partial charge < -0.3 is 0 Å². The first-order valence-electron chi connectivity index (χ1n) is 6.63. The largest absolute Gasteiger partial charge is 0.299 e. The van der Waals surface area contributed by atoms with Crippen LogP contribution in [0, 0.1) is 0 Å². The Kier molecular flexibility index (Phi) is 4.81. The molecule has 0 aliphatic heterocycles. The van der Waals surface area contributed by atoms with Crippen molar-refractivity contribution < 1.29 is 0 Å². The molecule has 0 heterocycles. The smallest absolute Gasteiger partial charge is 0.201 e. The summed E-state index contributed by atoms with van der Waals surface area (Å²) in [6.07, 6.45) is 15.5. The topological polar surface area (TPSA) is 0 Å². The van der Waals surface area contributed by atoms with Crippen molar-refractivity contribution in [1.82, 2.24) is 0 Å². The van der Waals surface area contributed by atoms with E-state index in [0.29, 0.717) is 0 Å². The standard InChI is InChI=1S/2C6H11.Al.H2P/c2*1-2-4-6-5-3-1;;/h2*1H,2-6H2;;1H2/q;;+1;-1. The van der Waals surface area contributed by atoms with Gasteiger partial charge in [-0.1, -0.05) is 73.8 Å². The van der Waals surface area contributed by atoms with Crippen LogP contribution in [0.1, 0.15) is 64.2 Å². The monoisotopic (exact) mass is 226 g/mol. The maximum atomic E-state index is 3.33. The zero-order chi connectivity index (χ0) is 9.80. The van der Waals surface area contributed by atoms with Crippen LogP contribution >= 0.6 is 7.89 Å². The summed E-state index contributed by atoms with van der Waals surface area (Å²) in [6.45, 7) is 0. The normalized spacial score (nSPS) is 26.4. The van der Waals surface area contributed by atoms with Gasteiger partial charge in [-0.15, -0.1) is 0 Å². The molecule has 2 aliphatic rings. The minimum absolute atomic E-state index is 0.448. The fraction of sp³-hybridized carbons (Fsp3) is 1.00. The van der Waals surface area contributed by atoms with E-state index in [4.69, 9.17) is 0 Å². The molecule has 2 fully saturated rings. The molecule has 0 N–H and O–H groups in total. The van der Waals surface area contributed by atoms with E-state index in [0.717, 1.165) is 0 Å². The van der Waals surface area contributed by atoms with Crippen molar-refractivity contribution >= 4 is 21.6 Å². The molecule has 0 aromatic heterocycles. The Morgan fingerprint density at radius 1 is 0.643 bits per heavy atom. The predicted molar refractivity (Wildman–Crippen MR) is 69.1 cm³/mol. The maximum Gasteiger partial charge on any atom is 0.299 e. The highest BCUT2D eigenvalue weighted by molar-refractivity contribution is 7.62. The van der Waals surface area contributed by atoms with Crippen LogP contribution in [0.5, 0.6) is 0 Å². The lowest BCUT2D eigenvalue weighted by atomic mass is 9.99. The summed E-state index contributed by atoms with van der Waals surface area (Å²) in [6, 6.07) is 0. The summed E-state index contributed by atoms with van der Waals surface area (Å²) in [4.78, 5) is 0. The van der Waals surface area contributed by atoms with Crippen LogP contribution in [0.2, 0.25) is 9.56 Å². The van der Waals surface area contributed by atoms with E-state index in [1.807, 2.05) is 0 Å². The Balaban J connectivity index is 1.82. The number of hydrogen-bond acceptors (Lipinski definition) is 0. The quantitative estimate of drug-likeness (QED) is 0.479. The van der Waals surface area contributed by atoms with Crippen molar-refractivity contribution in [2.75, 3.05) is 0 Å². The zero-order valence-corrected chi connectivity index (χ0v) is 11.7. The molecule has 2 aliphatic carbocycles. The summed E-state index contributed by atoms with van der Waals surface area (Å²) in [5.74, 6) is 0. The molecule has 0 aromatic rings. The lowest BCUT2D eigenvalue weighted by Crippen LogP contribution is -2.24. The van der Waals surface area contributed by atoms with Crippen molar-refractivity contribution in [1.29, 1.82) is 0 Å². The Morgan fingerprint density at radius 3 is 1.36 bits per heavy atom. The molecule has 0 radical (unpaired) electrons. The Labute approximate surface area is 95.4 Å². The van der Waals surface area contributed by atoms with E-state index in [2.05, 4.69) is 7.89 Å². The summed E-state index contributed by atoms with van der Waals surface area (Å²) < 4.78 is 2.38. The Hall–Kier alpha value is 0.962. The highest BCUT2D eigenvalue weighted by Gasteiger charge is 2.32. The van der Waals surface area contributed by atoms with Crippen LogP contribution in [-0.4, -0.2) is 13.7 Å². The minimum Gasteiger partial charge on any atom is -0.201 e. The van der Waals surface area contributed by atoms with Crippen molar-refractivity contribution in [3.63, 3.8) is 0 Å².